The average Bonchev–Trinajstić information content (AvgIpc) is 3.07. The number of fused-ring (bicyclic) bond motifs is 1. The fraction of sp³-hybridized carbons (Fsp3) is 0.238. The Balaban J connectivity index is 1.63. The van der Waals surface area contributed by atoms with E-state index in [-0.39, 0.29) is 18.4 Å². The fourth-order valence-electron chi connectivity index (χ4n) is 3.13. The van der Waals surface area contributed by atoms with E-state index in [0.29, 0.717) is 19.3 Å². The summed E-state index contributed by atoms with van der Waals surface area (Å²) < 4.78 is 0. The molecule has 5 heteroatoms. The molecule has 5 nitrogen and oxygen atoms in total. The topological polar surface area (TPSA) is 82.2 Å². The highest BCUT2D eigenvalue weighted by Crippen LogP contribution is 2.21. The lowest BCUT2D eigenvalue weighted by Gasteiger charge is -2.18. The zero-order valence-electron chi connectivity index (χ0n) is 14.4. The van der Waals surface area contributed by atoms with Crippen LogP contribution >= 0.6 is 0 Å². The van der Waals surface area contributed by atoms with E-state index in [1.807, 2.05) is 60.8 Å². The van der Waals surface area contributed by atoms with Crippen LogP contribution in [0, 0.1) is 0 Å². The van der Waals surface area contributed by atoms with E-state index in [4.69, 9.17) is 5.11 Å². The minimum Gasteiger partial charge on any atom is -0.481 e. The zero-order valence-corrected chi connectivity index (χ0v) is 14.4. The van der Waals surface area contributed by atoms with Crippen molar-refractivity contribution >= 4 is 22.8 Å². The van der Waals surface area contributed by atoms with E-state index in [9.17, 15) is 9.59 Å². The molecule has 0 radical (unpaired) electrons. The highest BCUT2D eigenvalue weighted by atomic mass is 16.4. The molecule has 3 N–H and O–H groups in total. The molecule has 134 valence electrons. The maximum Gasteiger partial charge on any atom is 0.303 e. The van der Waals surface area contributed by atoms with Crippen molar-refractivity contribution in [3.05, 3.63) is 71.9 Å². The molecular weight excluding hydrogens is 328 g/mol. The molecule has 0 saturated heterocycles. The van der Waals surface area contributed by atoms with Crippen LogP contribution in [0.3, 0.4) is 0 Å². The molecular formula is C21H22N2O3. The van der Waals surface area contributed by atoms with Gasteiger partial charge < -0.3 is 15.4 Å². The normalized spacial score (nSPS) is 12.0. The predicted molar refractivity (Wildman–Crippen MR) is 101 cm³/mol. The molecule has 0 bridgehead atoms. The van der Waals surface area contributed by atoms with E-state index >= 15 is 0 Å². The van der Waals surface area contributed by atoms with Crippen molar-refractivity contribution in [3.63, 3.8) is 0 Å². The number of aryl methyl sites for hydroxylation is 1. The van der Waals surface area contributed by atoms with Crippen molar-refractivity contribution in [1.29, 1.82) is 0 Å². The van der Waals surface area contributed by atoms with Crippen LogP contribution in [0.2, 0.25) is 0 Å². The predicted octanol–water partition coefficient (Wildman–Crippen LogP) is 3.82. The molecule has 3 rings (SSSR count). The van der Waals surface area contributed by atoms with Crippen molar-refractivity contribution in [1.82, 2.24) is 10.3 Å². The second-order valence-corrected chi connectivity index (χ2v) is 6.32. The molecule has 1 unspecified atom stereocenters. The lowest BCUT2D eigenvalue weighted by atomic mass is 10.0. The minimum absolute atomic E-state index is 0.0162. The number of hydrogen-bond donors (Lipinski definition) is 3. The third-order valence-electron chi connectivity index (χ3n) is 4.48. The monoisotopic (exact) mass is 350 g/mol. The Morgan fingerprint density at radius 2 is 1.73 bits per heavy atom. The lowest BCUT2D eigenvalue weighted by Crippen LogP contribution is -2.29. The van der Waals surface area contributed by atoms with Gasteiger partial charge in [0.25, 0.3) is 0 Å². The van der Waals surface area contributed by atoms with Crippen molar-refractivity contribution in [3.8, 4) is 0 Å². The number of rotatable bonds is 8. The molecule has 0 aliphatic carbocycles. The highest BCUT2D eigenvalue weighted by Gasteiger charge is 2.16. The van der Waals surface area contributed by atoms with Gasteiger partial charge in [0, 0.05) is 29.9 Å². The summed E-state index contributed by atoms with van der Waals surface area (Å²) in [6, 6.07) is 17.2. The van der Waals surface area contributed by atoms with Crippen LogP contribution in [0.5, 0.6) is 0 Å². The van der Waals surface area contributed by atoms with Crippen molar-refractivity contribution in [2.75, 3.05) is 0 Å². The van der Waals surface area contributed by atoms with Gasteiger partial charge in [-0.3, -0.25) is 9.59 Å². The van der Waals surface area contributed by atoms with Gasteiger partial charge in [0.1, 0.15) is 0 Å². The van der Waals surface area contributed by atoms with E-state index in [1.165, 1.54) is 0 Å². The van der Waals surface area contributed by atoms with Crippen LogP contribution in [-0.2, 0) is 16.0 Å². The fourth-order valence-corrected chi connectivity index (χ4v) is 3.13. The number of amides is 1. The van der Waals surface area contributed by atoms with Gasteiger partial charge in [0.05, 0.1) is 6.04 Å². The molecule has 1 aromatic heterocycles. The first-order valence-electron chi connectivity index (χ1n) is 8.74. The van der Waals surface area contributed by atoms with Gasteiger partial charge in [0.2, 0.25) is 5.91 Å². The SMILES string of the molecule is O=C(O)CCC(NC(=O)CCc1c[nH]c2ccccc12)c1ccccc1. The summed E-state index contributed by atoms with van der Waals surface area (Å²) in [6.07, 6.45) is 3.33. The Kier molecular flexibility index (Phi) is 5.69. The van der Waals surface area contributed by atoms with Gasteiger partial charge in [-0.15, -0.1) is 0 Å². The number of para-hydroxylation sites is 1. The third kappa shape index (κ3) is 4.51. The number of hydrogen-bond acceptors (Lipinski definition) is 2. The van der Waals surface area contributed by atoms with Crippen LogP contribution in [-0.4, -0.2) is 22.0 Å². The van der Waals surface area contributed by atoms with Crippen LogP contribution in [0.4, 0.5) is 0 Å². The van der Waals surface area contributed by atoms with E-state index in [2.05, 4.69) is 10.3 Å². The standard InChI is InChI=1S/C21H22N2O3/c24-20(12-10-16-14-22-19-9-5-4-8-17(16)19)23-18(11-13-21(25)26)15-6-2-1-3-7-15/h1-9,14,18,22H,10-13H2,(H,23,24)(H,25,26). The average molecular weight is 350 g/mol. The molecule has 0 aliphatic rings. The zero-order chi connectivity index (χ0) is 18.4. The largest absolute Gasteiger partial charge is 0.481 e. The summed E-state index contributed by atoms with van der Waals surface area (Å²) in [4.78, 5) is 26.6. The number of carbonyl (C=O) groups is 2. The van der Waals surface area contributed by atoms with Gasteiger partial charge in [0.15, 0.2) is 0 Å². The number of carbonyl (C=O) groups excluding carboxylic acids is 1. The number of H-pyrrole nitrogens is 1. The van der Waals surface area contributed by atoms with Gasteiger partial charge in [-0.25, -0.2) is 0 Å². The molecule has 26 heavy (non-hydrogen) atoms. The third-order valence-corrected chi connectivity index (χ3v) is 4.48. The van der Waals surface area contributed by atoms with Crippen LogP contribution in [0.25, 0.3) is 10.9 Å². The van der Waals surface area contributed by atoms with Crippen molar-refractivity contribution < 1.29 is 14.7 Å². The minimum atomic E-state index is -0.862. The molecule has 1 heterocycles. The Morgan fingerprint density at radius 1 is 1.00 bits per heavy atom. The Bertz CT molecular complexity index is 886. The lowest BCUT2D eigenvalue weighted by molar-refractivity contribution is -0.137. The molecule has 0 fully saturated rings. The number of nitrogens with one attached hydrogen (secondary N) is 2. The first-order valence-corrected chi connectivity index (χ1v) is 8.74. The molecule has 0 aliphatic heterocycles. The number of aliphatic carboxylic acids is 1. The first kappa shape index (κ1) is 17.7. The van der Waals surface area contributed by atoms with Crippen LogP contribution in [0.1, 0.15) is 36.4 Å². The Hall–Kier alpha value is -3.08. The maximum atomic E-state index is 12.4. The molecule has 3 aromatic rings. The number of carboxylic acid groups (broad SMARTS) is 1. The van der Waals surface area contributed by atoms with Gasteiger partial charge >= 0.3 is 5.97 Å². The van der Waals surface area contributed by atoms with E-state index in [0.717, 1.165) is 22.0 Å². The van der Waals surface area contributed by atoms with Gasteiger partial charge in [-0.05, 0) is 30.0 Å². The maximum absolute atomic E-state index is 12.4. The summed E-state index contributed by atoms with van der Waals surface area (Å²) in [5.74, 6) is -0.937. The van der Waals surface area contributed by atoms with Crippen molar-refractivity contribution in [2.45, 2.75) is 31.7 Å². The van der Waals surface area contributed by atoms with Crippen LogP contribution < -0.4 is 5.32 Å². The smallest absolute Gasteiger partial charge is 0.303 e. The van der Waals surface area contributed by atoms with Crippen molar-refractivity contribution in [2.24, 2.45) is 0 Å². The van der Waals surface area contributed by atoms with E-state index in [1.54, 1.807) is 0 Å². The summed E-state index contributed by atoms with van der Waals surface area (Å²) in [5, 5.41) is 13.1. The second-order valence-electron chi connectivity index (χ2n) is 6.32. The second kappa shape index (κ2) is 8.34. The molecule has 0 spiro atoms. The Morgan fingerprint density at radius 3 is 2.50 bits per heavy atom. The van der Waals surface area contributed by atoms with Gasteiger partial charge in [-0.2, -0.15) is 0 Å². The van der Waals surface area contributed by atoms with E-state index < -0.39 is 5.97 Å². The Labute approximate surface area is 152 Å². The summed E-state index contributed by atoms with van der Waals surface area (Å²) in [7, 11) is 0. The number of carboxylic acids is 1. The molecule has 2 aromatic carbocycles. The summed E-state index contributed by atoms with van der Waals surface area (Å²) in [6.45, 7) is 0. The van der Waals surface area contributed by atoms with Crippen LogP contribution in [0.15, 0.2) is 60.8 Å². The molecule has 1 atom stereocenters. The summed E-state index contributed by atoms with van der Waals surface area (Å²) >= 11 is 0. The molecule has 0 saturated carbocycles. The summed E-state index contributed by atoms with van der Waals surface area (Å²) in [5.41, 5.74) is 3.10. The highest BCUT2D eigenvalue weighted by molar-refractivity contribution is 5.84. The quantitative estimate of drug-likeness (QED) is 0.577. The number of benzene rings is 2. The first-order chi connectivity index (χ1) is 12.6. The molecule has 1 amide bonds. The number of aromatic amines is 1. The number of aromatic nitrogens is 1. The van der Waals surface area contributed by atoms with Gasteiger partial charge in [-0.1, -0.05) is 48.5 Å².